The van der Waals surface area contributed by atoms with Crippen LogP contribution in [0.3, 0.4) is 0 Å². The minimum absolute atomic E-state index is 0.133. The highest BCUT2D eigenvalue weighted by molar-refractivity contribution is 5.92. The van der Waals surface area contributed by atoms with Gasteiger partial charge < -0.3 is 10.0 Å². The first kappa shape index (κ1) is 15.4. The van der Waals surface area contributed by atoms with Crippen LogP contribution in [0.1, 0.15) is 24.0 Å². The minimum Gasteiger partial charge on any atom is -0.481 e. The van der Waals surface area contributed by atoms with E-state index in [1.807, 2.05) is 26.0 Å². The number of hydrogen-bond acceptors (Lipinski definition) is 2. The number of amides is 2. The number of anilines is 1. The maximum Gasteiger partial charge on any atom is 0.324 e. The third-order valence-electron chi connectivity index (χ3n) is 3.92. The summed E-state index contributed by atoms with van der Waals surface area (Å²) in [6.07, 6.45) is 1.38. The van der Waals surface area contributed by atoms with E-state index >= 15 is 0 Å². The van der Waals surface area contributed by atoms with Crippen LogP contribution in [0.5, 0.6) is 0 Å². The summed E-state index contributed by atoms with van der Waals surface area (Å²) in [5.74, 6) is -1.27. The first-order valence-electron chi connectivity index (χ1n) is 7.22. The summed E-state index contributed by atoms with van der Waals surface area (Å²) in [5, 5.41) is 9.11. The fraction of sp³-hybridized carbons (Fsp3) is 0.500. The molecule has 2 amide bonds. The second-order valence-corrected chi connectivity index (χ2v) is 5.81. The van der Waals surface area contributed by atoms with Gasteiger partial charge >= 0.3 is 12.0 Å². The molecule has 0 radical (unpaired) electrons. The molecule has 1 aromatic rings. The first-order valence-corrected chi connectivity index (χ1v) is 7.22. The normalized spacial score (nSPS) is 18.4. The van der Waals surface area contributed by atoms with E-state index in [-0.39, 0.29) is 6.03 Å². The predicted octanol–water partition coefficient (Wildman–Crippen LogP) is 2.66. The summed E-state index contributed by atoms with van der Waals surface area (Å²) in [6, 6.07) is 5.85. The maximum absolute atomic E-state index is 12.5. The van der Waals surface area contributed by atoms with E-state index < -0.39 is 11.9 Å². The number of carboxylic acids is 1. The number of aryl methyl sites for hydroxylation is 2. The van der Waals surface area contributed by atoms with Crippen LogP contribution in [-0.4, -0.2) is 42.1 Å². The third-order valence-corrected chi connectivity index (χ3v) is 3.92. The van der Waals surface area contributed by atoms with Crippen LogP contribution in [0.25, 0.3) is 0 Å². The molecule has 1 aliphatic rings. The van der Waals surface area contributed by atoms with Gasteiger partial charge in [0.05, 0.1) is 5.92 Å². The fourth-order valence-corrected chi connectivity index (χ4v) is 2.82. The predicted molar refractivity (Wildman–Crippen MR) is 81.6 cm³/mol. The number of nitrogens with zero attached hydrogens (tertiary/aromatic N) is 2. The van der Waals surface area contributed by atoms with Gasteiger partial charge in [0, 0.05) is 25.8 Å². The van der Waals surface area contributed by atoms with Gasteiger partial charge in [0.1, 0.15) is 0 Å². The Morgan fingerprint density at radius 1 is 1.24 bits per heavy atom. The van der Waals surface area contributed by atoms with Crippen LogP contribution >= 0.6 is 0 Å². The van der Waals surface area contributed by atoms with Gasteiger partial charge in [-0.15, -0.1) is 0 Å². The second kappa shape index (κ2) is 6.16. The van der Waals surface area contributed by atoms with Crippen molar-refractivity contribution in [2.75, 3.05) is 25.0 Å². The van der Waals surface area contributed by atoms with E-state index in [0.29, 0.717) is 19.5 Å². The smallest absolute Gasteiger partial charge is 0.324 e. The molecule has 0 bridgehead atoms. The highest BCUT2D eigenvalue weighted by atomic mass is 16.4. The summed E-state index contributed by atoms with van der Waals surface area (Å²) in [5.41, 5.74) is 3.05. The van der Waals surface area contributed by atoms with E-state index in [1.165, 1.54) is 0 Å². The molecule has 0 aromatic heterocycles. The standard InChI is InChI=1S/C16H22N2O3/c1-11-7-12(2)9-14(8-11)17(3)16(21)18-6-4-5-13(10-18)15(19)20/h7-9,13H,4-6,10H2,1-3H3,(H,19,20)/t13-/m0/s1. The van der Waals surface area contributed by atoms with Crippen molar-refractivity contribution in [3.63, 3.8) is 0 Å². The number of carbonyl (C=O) groups is 2. The Kier molecular flexibility index (Phi) is 4.50. The molecule has 1 atom stereocenters. The number of likely N-dealkylation sites (tertiary alicyclic amines) is 1. The number of urea groups is 1. The van der Waals surface area contributed by atoms with Crippen molar-refractivity contribution in [1.29, 1.82) is 0 Å². The first-order chi connectivity index (χ1) is 9.88. The molecule has 1 aromatic carbocycles. The molecule has 0 unspecified atom stereocenters. The van der Waals surface area contributed by atoms with Crippen molar-refractivity contribution in [2.45, 2.75) is 26.7 Å². The van der Waals surface area contributed by atoms with Crippen molar-refractivity contribution in [2.24, 2.45) is 5.92 Å². The average molecular weight is 290 g/mol. The molecular weight excluding hydrogens is 268 g/mol. The molecule has 1 heterocycles. The molecule has 0 spiro atoms. The quantitative estimate of drug-likeness (QED) is 0.911. The highest BCUT2D eigenvalue weighted by Gasteiger charge is 2.29. The number of carbonyl (C=O) groups excluding carboxylic acids is 1. The number of aliphatic carboxylic acids is 1. The number of piperidine rings is 1. The molecule has 1 saturated heterocycles. The molecule has 2 rings (SSSR count). The summed E-state index contributed by atoms with van der Waals surface area (Å²) < 4.78 is 0. The lowest BCUT2D eigenvalue weighted by molar-refractivity contribution is -0.143. The lowest BCUT2D eigenvalue weighted by Gasteiger charge is -2.34. The molecule has 1 fully saturated rings. The zero-order chi connectivity index (χ0) is 15.6. The van der Waals surface area contributed by atoms with Gasteiger partial charge in [-0.05, 0) is 49.9 Å². The fourth-order valence-electron chi connectivity index (χ4n) is 2.82. The van der Waals surface area contributed by atoms with Crippen molar-refractivity contribution in [1.82, 2.24) is 4.90 Å². The van der Waals surface area contributed by atoms with Gasteiger partial charge in [0.25, 0.3) is 0 Å². The summed E-state index contributed by atoms with van der Waals surface area (Å²) >= 11 is 0. The second-order valence-electron chi connectivity index (χ2n) is 5.81. The van der Waals surface area contributed by atoms with E-state index in [2.05, 4.69) is 6.07 Å². The Labute approximate surface area is 125 Å². The molecule has 21 heavy (non-hydrogen) atoms. The molecule has 1 aliphatic heterocycles. The molecule has 5 nitrogen and oxygen atoms in total. The number of hydrogen-bond donors (Lipinski definition) is 1. The van der Waals surface area contributed by atoms with Crippen molar-refractivity contribution < 1.29 is 14.7 Å². The number of carboxylic acid groups (broad SMARTS) is 1. The Hall–Kier alpha value is -2.04. The van der Waals surface area contributed by atoms with Crippen LogP contribution in [-0.2, 0) is 4.79 Å². The lowest BCUT2D eigenvalue weighted by Crippen LogP contribution is -2.47. The maximum atomic E-state index is 12.5. The van der Waals surface area contributed by atoms with E-state index in [0.717, 1.165) is 23.2 Å². The monoisotopic (exact) mass is 290 g/mol. The number of benzene rings is 1. The zero-order valence-electron chi connectivity index (χ0n) is 12.8. The van der Waals surface area contributed by atoms with E-state index in [9.17, 15) is 9.59 Å². The molecule has 1 N–H and O–H groups in total. The molecule has 114 valence electrons. The van der Waals surface area contributed by atoms with Gasteiger partial charge in [-0.2, -0.15) is 0 Å². The van der Waals surface area contributed by atoms with Gasteiger partial charge in [-0.25, -0.2) is 4.79 Å². The largest absolute Gasteiger partial charge is 0.481 e. The SMILES string of the molecule is Cc1cc(C)cc(N(C)C(=O)N2CCC[C@H](C(=O)O)C2)c1. The van der Waals surface area contributed by atoms with Crippen molar-refractivity contribution in [3.8, 4) is 0 Å². The molecule has 0 saturated carbocycles. The van der Waals surface area contributed by atoms with E-state index in [1.54, 1.807) is 16.8 Å². The summed E-state index contributed by atoms with van der Waals surface area (Å²) in [6.45, 7) is 4.91. The van der Waals surface area contributed by atoms with Crippen LogP contribution in [0, 0.1) is 19.8 Å². The Morgan fingerprint density at radius 3 is 2.43 bits per heavy atom. The van der Waals surface area contributed by atoms with Crippen molar-refractivity contribution >= 4 is 17.7 Å². The van der Waals surface area contributed by atoms with Gasteiger partial charge in [0.2, 0.25) is 0 Å². The van der Waals surface area contributed by atoms with Crippen LogP contribution in [0.4, 0.5) is 10.5 Å². The van der Waals surface area contributed by atoms with Crippen LogP contribution < -0.4 is 4.90 Å². The number of rotatable bonds is 2. The molecule has 5 heteroatoms. The van der Waals surface area contributed by atoms with Crippen LogP contribution in [0.15, 0.2) is 18.2 Å². The zero-order valence-corrected chi connectivity index (χ0v) is 12.8. The summed E-state index contributed by atoms with van der Waals surface area (Å²) in [7, 11) is 1.74. The van der Waals surface area contributed by atoms with Gasteiger partial charge in [-0.1, -0.05) is 6.07 Å². The minimum atomic E-state index is -0.818. The molecule has 0 aliphatic carbocycles. The van der Waals surface area contributed by atoms with Crippen LogP contribution in [0.2, 0.25) is 0 Å². The molecular formula is C16H22N2O3. The van der Waals surface area contributed by atoms with Gasteiger partial charge in [-0.3, -0.25) is 9.69 Å². The Balaban J connectivity index is 2.13. The van der Waals surface area contributed by atoms with Crippen molar-refractivity contribution in [3.05, 3.63) is 29.3 Å². The average Bonchev–Trinajstić information content (AvgIpc) is 2.44. The Bertz CT molecular complexity index is 536. The highest BCUT2D eigenvalue weighted by Crippen LogP contribution is 2.22. The van der Waals surface area contributed by atoms with Gasteiger partial charge in [0.15, 0.2) is 0 Å². The Morgan fingerprint density at radius 2 is 1.86 bits per heavy atom. The summed E-state index contributed by atoms with van der Waals surface area (Å²) in [4.78, 5) is 26.9. The third kappa shape index (κ3) is 3.54. The lowest BCUT2D eigenvalue weighted by atomic mass is 9.98. The topological polar surface area (TPSA) is 60.9 Å². The van der Waals surface area contributed by atoms with E-state index in [4.69, 9.17) is 5.11 Å².